The molecule has 0 bridgehead atoms. The lowest BCUT2D eigenvalue weighted by Crippen LogP contribution is -2.44. The lowest BCUT2D eigenvalue weighted by atomic mass is 10.0. The zero-order valence-electron chi connectivity index (χ0n) is 12.5. The molecule has 1 fully saturated rings. The normalized spacial score (nSPS) is 18.0. The van der Waals surface area contributed by atoms with E-state index in [9.17, 15) is 9.59 Å². The Morgan fingerprint density at radius 3 is 2.57 bits per heavy atom. The van der Waals surface area contributed by atoms with Gasteiger partial charge in [0, 0.05) is 19.1 Å². The van der Waals surface area contributed by atoms with Crippen LogP contribution in [0.4, 0.5) is 4.79 Å². The molecule has 1 unspecified atom stereocenters. The maximum absolute atomic E-state index is 12.2. The first-order chi connectivity index (χ1) is 9.99. The van der Waals surface area contributed by atoms with Crippen molar-refractivity contribution in [1.82, 2.24) is 10.2 Å². The first kappa shape index (κ1) is 15.4. The molecule has 1 aromatic carbocycles. The van der Waals surface area contributed by atoms with Gasteiger partial charge in [-0.15, -0.1) is 0 Å². The number of rotatable bonds is 4. The van der Waals surface area contributed by atoms with Crippen molar-refractivity contribution in [1.29, 1.82) is 0 Å². The van der Waals surface area contributed by atoms with Crippen molar-refractivity contribution < 1.29 is 14.7 Å². The number of amides is 2. The van der Waals surface area contributed by atoms with E-state index < -0.39 is 5.97 Å². The molecule has 2 rings (SSSR count). The van der Waals surface area contributed by atoms with Gasteiger partial charge in [-0.05, 0) is 36.5 Å². The molecule has 2 N–H and O–H groups in total. The van der Waals surface area contributed by atoms with Crippen LogP contribution in [0.3, 0.4) is 0 Å². The minimum Gasteiger partial charge on any atom is -0.478 e. The second kappa shape index (κ2) is 6.61. The van der Waals surface area contributed by atoms with Crippen LogP contribution in [0.2, 0.25) is 0 Å². The van der Waals surface area contributed by atoms with Gasteiger partial charge in [0.15, 0.2) is 0 Å². The van der Waals surface area contributed by atoms with Crippen LogP contribution in [0.5, 0.6) is 0 Å². The van der Waals surface area contributed by atoms with Crippen molar-refractivity contribution in [3.8, 4) is 0 Å². The smallest absolute Gasteiger partial charge is 0.335 e. The van der Waals surface area contributed by atoms with E-state index in [0.29, 0.717) is 18.5 Å². The molecule has 0 aliphatic carbocycles. The first-order valence-corrected chi connectivity index (χ1v) is 7.35. The summed E-state index contributed by atoms with van der Waals surface area (Å²) in [6, 6.07) is 6.85. The summed E-state index contributed by atoms with van der Waals surface area (Å²) in [5, 5.41) is 11.8. The number of carboxylic acids is 1. The minimum absolute atomic E-state index is 0.0338. The summed E-state index contributed by atoms with van der Waals surface area (Å²) in [7, 11) is 0. The van der Waals surface area contributed by atoms with Gasteiger partial charge in [-0.1, -0.05) is 26.0 Å². The summed E-state index contributed by atoms with van der Waals surface area (Å²) >= 11 is 0. The number of hydrogen-bond acceptors (Lipinski definition) is 2. The molecular formula is C16H22N2O3. The number of aromatic carboxylic acids is 1. The van der Waals surface area contributed by atoms with Crippen LogP contribution in [0.25, 0.3) is 0 Å². The number of nitrogens with one attached hydrogen (secondary N) is 1. The molecule has 1 aliphatic rings. The highest BCUT2D eigenvalue weighted by Gasteiger charge is 2.30. The number of likely N-dealkylation sites (tertiary alicyclic amines) is 1. The highest BCUT2D eigenvalue weighted by atomic mass is 16.4. The fourth-order valence-electron chi connectivity index (χ4n) is 2.78. The number of benzene rings is 1. The number of nitrogens with zero attached hydrogens (tertiary/aromatic N) is 1. The van der Waals surface area contributed by atoms with Gasteiger partial charge in [0.1, 0.15) is 0 Å². The van der Waals surface area contributed by atoms with Crippen LogP contribution in [-0.2, 0) is 6.54 Å². The predicted molar refractivity (Wildman–Crippen MR) is 80.2 cm³/mol. The van der Waals surface area contributed by atoms with Crippen LogP contribution in [0.15, 0.2) is 24.3 Å². The second-order valence-corrected chi connectivity index (χ2v) is 5.81. The van der Waals surface area contributed by atoms with Crippen molar-refractivity contribution in [2.75, 3.05) is 6.54 Å². The highest BCUT2D eigenvalue weighted by molar-refractivity contribution is 5.87. The van der Waals surface area contributed by atoms with Gasteiger partial charge in [-0.2, -0.15) is 0 Å². The first-order valence-electron chi connectivity index (χ1n) is 7.35. The molecule has 1 atom stereocenters. The van der Waals surface area contributed by atoms with Gasteiger partial charge in [-0.3, -0.25) is 0 Å². The van der Waals surface area contributed by atoms with Gasteiger partial charge in [0.05, 0.1) is 5.56 Å². The molecule has 5 nitrogen and oxygen atoms in total. The Bertz CT molecular complexity index is 511. The van der Waals surface area contributed by atoms with E-state index in [-0.39, 0.29) is 11.6 Å². The number of carbonyl (C=O) groups is 2. The monoisotopic (exact) mass is 290 g/mol. The maximum Gasteiger partial charge on any atom is 0.335 e. The van der Waals surface area contributed by atoms with E-state index >= 15 is 0 Å². The van der Waals surface area contributed by atoms with E-state index in [2.05, 4.69) is 19.2 Å². The van der Waals surface area contributed by atoms with E-state index in [1.54, 1.807) is 24.3 Å². The van der Waals surface area contributed by atoms with Crippen molar-refractivity contribution in [3.05, 3.63) is 35.4 Å². The van der Waals surface area contributed by atoms with Gasteiger partial charge in [0.25, 0.3) is 0 Å². The van der Waals surface area contributed by atoms with Crippen molar-refractivity contribution in [2.24, 2.45) is 5.92 Å². The summed E-state index contributed by atoms with van der Waals surface area (Å²) in [6.07, 6.45) is 2.13. The van der Waals surface area contributed by atoms with Crippen LogP contribution < -0.4 is 5.32 Å². The number of hydrogen-bond donors (Lipinski definition) is 2. The largest absolute Gasteiger partial charge is 0.478 e. The molecule has 5 heteroatoms. The Balaban J connectivity index is 1.90. The van der Waals surface area contributed by atoms with E-state index in [4.69, 9.17) is 5.11 Å². The van der Waals surface area contributed by atoms with Gasteiger partial charge in [-0.25, -0.2) is 9.59 Å². The molecule has 0 spiro atoms. The Labute approximate surface area is 125 Å². The Morgan fingerprint density at radius 2 is 2.00 bits per heavy atom. The van der Waals surface area contributed by atoms with Crippen LogP contribution in [0, 0.1) is 5.92 Å². The van der Waals surface area contributed by atoms with Crippen molar-refractivity contribution in [3.63, 3.8) is 0 Å². The third kappa shape index (κ3) is 3.74. The SMILES string of the molecule is CC(C)C1CCCN1C(=O)NCc1ccc(C(=O)O)cc1. The van der Waals surface area contributed by atoms with E-state index in [0.717, 1.165) is 24.9 Å². The van der Waals surface area contributed by atoms with E-state index in [1.807, 2.05) is 4.90 Å². The number of carboxylic acid groups (broad SMARTS) is 1. The zero-order valence-corrected chi connectivity index (χ0v) is 12.5. The molecule has 0 radical (unpaired) electrons. The molecule has 114 valence electrons. The summed E-state index contributed by atoms with van der Waals surface area (Å²) in [6.45, 7) is 5.51. The topological polar surface area (TPSA) is 69.6 Å². The number of urea groups is 1. The molecule has 1 aliphatic heterocycles. The van der Waals surface area contributed by atoms with E-state index in [1.165, 1.54) is 0 Å². The standard InChI is InChI=1S/C16H22N2O3/c1-11(2)14-4-3-9-18(14)16(21)17-10-12-5-7-13(8-6-12)15(19)20/h5-8,11,14H,3-4,9-10H2,1-2H3,(H,17,21)(H,19,20). The zero-order chi connectivity index (χ0) is 15.4. The minimum atomic E-state index is -0.942. The molecule has 2 amide bonds. The second-order valence-electron chi connectivity index (χ2n) is 5.81. The molecule has 1 heterocycles. The average molecular weight is 290 g/mol. The lowest BCUT2D eigenvalue weighted by molar-refractivity contribution is 0.0697. The van der Waals surface area contributed by atoms with Crippen LogP contribution >= 0.6 is 0 Å². The fourth-order valence-corrected chi connectivity index (χ4v) is 2.78. The Morgan fingerprint density at radius 1 is 1.33 bits per heavy atom. The molecule has 1 saturated heterocycles. The third-order valence-electron chi connectivity index (χ3n) is 3.97. The van der Waals surface area contributed by atoms with Crippen molar-refractivity contribution >= 4 is 12.0 Å². The highest BCUT2D eigenvalue weighted by Crippen LogP contribution is 2.23. The summed E-state index contributed by atoms with van der Waals surface area (Å²) in [4.78, 5) is 24.9. The molecule has 1 aromatic rings. The molecule has 21 heavy (non-hydrogen) atoms. The predicted octanol–water partition coefficient (Wildman–Crippen LogP) is 2.71. The fraction of sp³-hybridized carbons (Fsp3) is 0.500. The Hall–Kier alpha value is -2.04. The van der Waals surface area contributed by atoms with Gasteiger partial charge >= 0.3 is 12.0 Å². The quantitative estimate of drug-likeness (QED) is 0.895. The molecular weight excluding hydrogens is 268 g/mol. The molecule has 0 aromatic heterocycles. The van der Waals surface area contributed by atoms with Gasteiger partial charge < -0.3 is 15.3 Å². The van der Waals surface area contributed by atoms with Crippen LogP contribution in [0.1, 0.15) is 42.6 Å². The summed E-state index contributed by atoms with van der Waals surface area (Å²) < 4.78 is 0. The Kier molecular flexibility index (Phi) is 4.83. The van der Waals surface area contributed by atoms with Gasteiger partial charge in [0.2, 0.25) is 0 Å². The lowest BCUT2D eigenvalue weighted by Gasteiger charge is -2.27. The maximum atomic E-state index is 12.2. The van der Waals surface area contributed by atoms with Crippen molar-refractivity contribution in [2.45, 2.75) is 39.3 Å². The molecule has 0 saturated carbocycles. The average Bonchev–Trinajstić information content (AvgIpc) is 2.95. The summed E-state index contributed by atoms with van der Waals surface area (Å²) in [5.41, 5.74) is 1.15. The summed E-state index contributed by atoms with van der Waals surface area (Å²) in [5.74, 6) is -0.476. The van der Waals surface area contributed by atoms with Crippen LogP contribution in [-0.4, -0.2) is 34.6 Å². The third-order valence-corrected chi connectivity index (χ3v) is 3.97. The number of carbonyl (C=O) groups excluding carboxylic acids is 1.